The molecule has 0 aliphatic heterocycles. The second-order valence-electron chi connectivity index (χ2n) is 5.91. The summed E-state index contributed by atoms with van der Waals surface area (Å²) in [6.07, 6.45) is 0.235. The SMILES string of the molecule is O=C(NCCC(O)C(O)c1cnn2ccc(Cl)nc12)OCc1ccccc1. The van der Waals surface area contributed by atoms with Crippen molar-refractivity contribution in [1.29, 1.82) is 0 Å². The summed E-state index contributed by atoms with van der Waals surface area (Å²) >= 11 is 5.87. The number of amides is 1. The number of aliphatic hydroxyl groups is 2. The smallest absolute Gasteiger partial charge is 0.407 e. The minimum atomic E-state index is -1.21. The highest BCUT2D eigenvalue weighted by molar-refractivity contribution is 6.29. The fourth-order valence-electron chi connectivity index (χ4n) is 2.53. The Labute approximate surface area is 160 Å². The van der Waals surface area contributed by atoms with Gasteiger partial charge in [-0.3, -0.25) is 0 Å². The zero-order valence-electron chi connectivity index (χ0n) is 14.3. The number of hydrogen-bond acceptors (Lipinski definition) is 6. The third-order valence-electron chi connectivity index (χ3n) is 3.97. The molecule has 1 aromatic carbocycles. The maximum atomic E-state index is 11.7. The maximum absolute atomic E-state index is 11.7. The normalized spacial score (nSPS) is 13.3. The molecular weight excluding hydrogens is 372 g/mol. The van der Waals surface area contributed by atoms with Crippen LogP contribution in [0.2, 0.25) is 5.15 Å². The number of carbonyl (C=O) groups is 1. The standard InChI is InChI=1S/C18H19ClN4O4/c19-15-7-9-23-17(22-15)13(10-21-23)16(25)14(24)6-8-20-18(26)27-11-12-4-2-1-3-5-12/h1-5,7,9-10,14,16,24-25H,6,8,11H2,(H,20,26). The molecule has 0 fully saturated rings. The topological polar surface area (TPSA) is 109 Å². The molecule has 9 heteroatoms. The number of carbonyl (C=O) groups excluding carboxylic acids is 1. The van der Waals surface area contributed by atoms with Crippen LogP contribution >= 0.6 is 11.6 Å². The van der Waals surface area contributed by atoms with Gasteiger partial charge in [-0.25, -0.2) is 14.3 Å². The molecule has 2 unspecified atom stereocenters. The summed E-state index contributed by atoms with van der Waals surface area (Å²) in [4.78, 5) is 15.8. The van der Waals surface area contributed by atoms with Crippen LogP contribution in [-0.4, -0.2) is 43.6 Å². The highest BCUT2D eigenvalue weighted by Crippen LogP contribution is 2.23. The molecule has 142 valence electrons. The van der Waals surface area contributed by atoms with Gasteiger partial charge in [0.1, 0.15) is 17.9 Å². The van der Waals surface area contributed by atoms with E-state index in [0.29, 0.717) is 11.2 Å². The van der Waals surface area contributed by atoms with Crippen LogP contribution in [0.1, 0.15) is 23.7 Å². The predicted octanol–water partition coefficient (Wildman–Crippen LogP) is 2.09. The van der Waals surface area contributed by atoms with Gasteiger partial charge in [-0.15, -0.1) is 0 Å². The van der Waals surface area contributed by atoms with E-state index in [1.165, 1.54) is 10.7 Å². The van der Waals surface area contributed by atoms with Crippen molar-refractivity contribution in [2.24, 2.45) is 0 Å². The number of fused-ring (bicyclic) bond motifs is 1. The van der Waals surface area contributed by atoms with Crippen LogP contribution in [0.4, 0.5) is 4.79 Å². The molecule has 0 aliphatic rings. The monoisotopic (exact) mass is 390 g/mol. The van der Waals surface area contributed by atoms with E-state index in [2.05, 4.69) is 15.4 Å². The number of alkyl carbamates (subject to hydrolysis) is 1. The van der Waals surface area contributed by atoms with Gasteiger partial charge in [0.05, 0.1) is 12.3 Å². The molecule has 3 rings (SSSR count). The molecule has 27 heavy (non-hydrogen) atoms. The predicted molar refractivity (Wildman–Crippen MR) is 98.2 cm³/mol. The van der Waals surface area contributed by atoms with Crippen molar-refractivity contribution in [2.45, 2.75) is 25.2 Å². The first kappa shape index (κ1) is 19.1. The van der Waals surface area contributed by atoms with Crippen molar-refractivity contribution in [3.05, 3.63) is 65.1 Å². The van der Waals surface area contributed by atoms with Crippen molar-refractivity contribution >= 4 is 23.3 Å². The first-order valence-corrected chi connectivity index (χ1v) is 8.73. The molecular formula is C18H19ClN4O4. The lowest BCUT2D eigenvalue weighted by Crippen LogP contribution is -2.29. The van der Waals surface area contributed by atoms with Gasteiger partial charge >= 0.3 is 6.09 Å². The van der Waals surface area contributed by atoms with Gasteiger partial charge in [0.25, 0.3) is 0 Å². The lowest BCUT2D eigenvalue weighted by Gasteiger charge is -2.17. The van der Waals surface area contributed by atoms with E-state index in [9.17, 15) is 15.0 Å². The molecule has 3 aromatic rings. The Morgan fingerprint density at radius 1 is 1.26 bits per heavy atom. The molecule has 1 amide bonds. The Morgan fingerprint density at radius 2 is 2.04 bits per heavy atom. The van der Waals surface area contributed by atoms with Gasteiger partial charge < -0.3 is 20.3 Å². The molecule has 2 aromatic heterocycles. The van der Waals surface area contributed by atoms with Crippen molar-refractivity contribution in [2.75, 3.05) is 6.54 Å². The largest absolute Gasteiger partial charge is 0.445 e. The lowest BCUT2D eigenvalue weighted by molar-refractivity contribution is 0.0143. The maximum Gasteiger partial charge on any atom is 0.407 e. The summed E-state index contributed by atoms with van der Waals surface area (Å²) in [5, 5.41) is 27.4. The second-order valence-corrected chi connectivity index (χ2v) is 6.29. The van der Waals surface area contributed by atoms with E-state index in [1.807, 2.05) is 30.3 Å². The summed E-state index contributed by atoms with van der Waals surface area (Å²) in [5.41, 5.74) is 1.60. The molecule has 0 saturated heterocycles. The number of benzene rings is 1. The van der Waals surface area contributed by atoms with E-state index in [1.54, 1.807) is 12.3 Å². The van der Waals surface area contributed by atoms with Crippen LogP contribution in [-0.2, 0) is 11.3 Å². The molecule has 2 atom stereocenters. The number of nitrogens with zero attached hydrogens (tertiary/aromatic N) is 3. The first-order valence-electron chi connectivity index (χ1n) is 8.35. The molecule has 3 N–H and O–H groups in total. The minimum absolute atomic E-state index is 0.125. The van der Waals surface area contributed by atoms with Crippen LogP contribution in [0.25, 0.3) is 5.65 Å². The number of rotatable bonds is 7. The fourth-order valence-corrected chi connectivity index (χ4v) is 2.67. The Hall–Kier alpha value is -2.68. The van der Waals surface area contributed by atoms with E-state index in [0.717, 1.165) is 5.56 Å². The molecule has 0 spiro atoms. The highest BCUT2D eigenvalue weighted by atomic mass is 35.5. The van der Waals surface area contributed by atoms with Gasteiger partial charge in [0, 0.05) is 18.3 Å². The average molecular weight is 391 g/mol. The highest BCUT2D eigenvalue weighted by Gasteiger charge is 2.23. The number of ether oxygens (including phenoxy) is 1. The van der Waals surface area contributed by atoms with E-state index in [-0.39, 0.29) is 24.7 Å². The van der Waals surface area contributed by atoms with Crippen molar-refractivity contribution in [1.82, 2.24) is 19.9 Å². The van der Waals surface area contributed by atoms with Crippen molar-refractivity contribution in [3.8, 4) is 0 Å². The Kier molecular flexibility index (Phi) is 6.23. The number of aromatic nitrogens is 3. The van der Waals surface area contributed by atoms with E-state index >= 15 is 0 Å². The number of hydrogen-bond donors (Lipinski definition) is 3. The molecule has 0 radical (unpaired) electrons. The number of halogens is 1. The van der Waals surface area contributed by atoms with Gasteiger partial charge in [-0.1, -0.05) is 41.9 Å². The van der Waals surface area contributed by atoms with Crippen molar-refractivity contribution < 1.29 is 19.7 Å². The fraction of sp³-hybridized carbons (Fsp3) is 0.278. The van der Waals surface area contributed by atoms with Crippen LogP contribution in [0.3, 0.4) is 0 Å². The number of nitrogens with one attached hydrogen (secondary N) is 1. The van der Waals surface area contributed by atoms with Gasteiger partial charge in [0.15, 0.2) is 5.65 Å². The van der Waals surface area contributed by atoms with Gasteiger partial charge in [0.2, 0.25) is 0 Å². The molecule has 2 heterocycles. The summed E-state index contributed by atoms with van der Waals surface area (Å²) in [6.45, 7) is 0.298. The van der Waals surface area contributed by atoms with E-state index in [4.69, 9.17) is 16.3 Å². The lowest BCUT2D eigenvalue weighted by atomic mass is 10.1. The molecule has 0 saturated carbocycles. The Morgan fingerprint density at radius 3 is 2.81 bits per heavy atom. The number of aliphatic hydroxyl groups excluding tert-OH is 2. The minimum Gasteiger partial charge on any atom is -0.445 e. The van der Waals surface area contributed by atoms with E-state index < -0.39 is 18.3 Å². The molecule has 0 aliphatic carbocycles. The van der Waals surface area contributed by atoms with Crippen LogP contribution in [0.5, 0.6) is 0 Å². The molecule has 0 bridgehead atoms. The third kappa shape index (κ3) is 4.94. The average Bonchev–Trinajstić information content (AvgIpc) is 3.09. The zero-order valence-corrected chi connectivity index (χ0v) is 15.1. The Bertz CT molecular complexity index is 903. The summed E-state index contributed by atoms with van der Waals surface area (Å²) in [7, 11) is 0. The second kappa shape index (κ2) is 8.81. The van der Waals surface area contributed by atoms with Gasteiger partial charge in [-0.05, 0) is 18.1 Å². The zero-order chi connectivity index (χ0) is 19.2. The van der Waals surface area contributed by atoms with Crippen molar-refractivity contribution in [3.63, 3.8) is 0 Å². The summed E-state index contributed by atoms with van der Waals surface area (Å²) in [6, 6.07) is 10.9. The molecule has 8 nitrogen and oxygen atoms in total. The van der Waals surface area contributed by atoms with Crippen LogP contribution in [0.15, 0.2) is 48.8 Å². The van der Waals surface area contributed by atoms with Crippen LogP contribution < -0.4 is 5.32 Å². The Balaban J connectivity index is 1.47. The third-order valence-corrected chi connectivity index (χ3v) is 4.18. The quantitative estimate of drug-likeness (QED) is 0.533. The summed E-state index contributed by atoms with van der Waals surface area (Å²) < 4.78 is 6.54. The first-order chi connectivity index (χ1) is 13.0. The van der Waals surface area contributed by atoms with Gasteiger partial charge in [-0.2, -0.15) is 5.10 Å². The summed E-state index contributed by atoms with van der Waals surface area (Å²) in [5.74, 6) is 0. The van der Waals surface area contributed by atoms with Crippen LogP contribution in [0, 0.1) is 0 Å².